The molecule has 0 radical (unpaired) electrons. The molecule has 1 fully saturated rings. The van der Waals surface area contributed by atoms with Crippen LogP contribution in [0.1, 0.15) is 61.3 Å². The predicted octanol–water partition coefficient (Wildman–Crippen LogP) is 1.76. The van der Waals surface area contributed by atoms with E-state index < -0.39 is 23.6 Å². The van der Waals surface area contributed by atoms with Crippen LogP contribution in [0.2, 0.25) is 0 Å². The maximum absolute atomic E-state index is 12.6. The van der Waals surface area contributed by atoms with E-state index in [1.165, 1.54) is 0 Å². The molecule has 0 unspecified atom stereocenters. The third kappa shape index (κ3) is 8.75. The number of likely N-dealkylation sites (tertiary alicyclic amines) is 1. The summed E-state index contributed by atoms with van der Waals surface area (Å²) in [6.45, 7) is 13.6. The highest BCUT2D eigenvalue weighted by molar-refractivity contribution is 5.89. The summed E-state index contributed by atoms with van der Waals surface area (Å²) in [5, 5.41) is 5.19. The molecular weight excluding hydrogens is 400 g/mol. The molecule has 1 aliphatic heterocycles. The summed E-state index contributed by atoms with van der Waals surface area (Å²) in [7, 11) is 1.80. The maximum Gasteiger partial charge on any atom is 0.408 e. The highest BCUT2D eigenvalue weighted by atomic mass is 16.6. The Labute approximate surface area is 186 Å². The van der Waals surface area contributed by atoms with Crippen LogP contribution in [-0.2, 0) is 19.1 Å². The van der Waals surface area contributed by atoms with Gasteiger partial charge in [-0.25, -0.2) is 4.79 Å². The Hall–Kier alpha value is -2.32. The Morgan fingerprint density at radius 2 is 1.61 bits per heavy atom. The van der Waals surface area contributed by atoms with Crippen LogP contribution in [0.3, 0.4) is 0 Å². The van der Waals surface area contributed by atoms with E-state index in [1.54, 1.807) is 51.5 Å². The highest BCUT2D eigenvalue weighted by Gasteiger charge is 2.31. The molecule has 9 nitrogen and oxygen atoms in total. The highest BCUT2D eigenvalue weighted by Crippen LogP contribution is 2.20. The second-order valence-electron chi connectivity index (χ2n) is 9.78. The van der Waals surface area contributed by atoms with Gasteiger partial charge in [0.25, 0.3) is 0 Å². The van der Waals surface area contributed by atoms with Gasteiger partial charge in [-0.15, -0.1) is 0 Å². The lowest BCUT2D eigenvalue weighted by molar-refractivity contribution is -0.141. The number of ether oxygens (including phenoxy) is 1. The van der Waals surface area contributed by atoms with Crippen LogP contribution in [0.5, 0.6) is 0 Å². The number of amides is 4. The van der Waals surface area contributed by atoms with Crippen molar-refractivity contribution in [3.8, 4) is 0 Å². The second-order valence-corrected chi connectivity index (χ2v) is 9.78. The van der Waals surface area contributed by atoms with E-state index in [4.69, 9.17) is 4.74 Å². The summed E-state index contributed by atoms with van der Waals surface area (Å²) in [6, 6.07) is -0.664. The van der Waals surface area contributed by atoms with Crippen molar-refractivity contribution in [1.29, 1.82) is 0 Å². The first-order valence-corrected chi connectivity index (χ1v) is 11.0. The molecule has 0 spiro atoms. The third-order valence-corrected chi connectivity index (χ3v) is 5.35. The van der Waals surface area contributed by atoms with Crippen LogP contribution < -0.4 is 10.6 Å². The van der Waals surface area contributed by atoms with Crippen molar-refractivity contribution in [3.05, 3.63) is 0 Å². The molecule has 1 atom stereocenters. The van der Waals surface area contributed by atoms with Crippen LogP contribution in [0.15, 0.2) is 0 Å². The van der Waals surface area contributed by atoms with Crippen LogP contribution >= 0.6 is 0 Å². The standard InChI is InChI=1S/C22H40N4O5/c1-14(2)18(24-21(30)31-22(5,6)7)19(28)23-13-17(27)26-11-9-16(10-12-26)20(29)25(8)15(3)4/h14-16,18H,9-13H2,1-8H3,(H,23,28)(H,24,30)/t18-/m0/s1. The van der Waals surface area contributed by atoms with Gasteiger partial charge in [0.2, 0.25) is 17.7 Å². The number of nitrogens with zero attached hydrogens (tertiary/aromatic N) is 2. The number of carbonyl (C=O) groups excluding carboxylic acids is 4. The van der Waals surface area contributed by atoms with Crippen molar-refractivity contribution in [2.75, 3.05) is 26.7 Å². The fourth-order valence-corrected chi connectivity index (χ4v) is 3.27. The molecule has 1 heterocycles. The van der Waals surface area contributed by atoms with Gasteiger partial charge in [-0.1, -0.05) is 13.8 Å². The van der Waals surface area contributed by atoms with Gasteiger partial charge in [0, 0.05) is 32.1 Å². The number of alkyl carbamates (subject to hydrolysis) is 1. The largest absolute Gasteiger partial charge is 0.444 e. The Morgan fingerprint density at radius 1 is 1.06 bits per heavy atom. The normalized spacial score (nSPS) is 16.1. The molecule has 0 aromatic rings. The Bertz CT molecular complexity index is 649. The minimum absolute atomic E-state index is 0.0746. The molecule has 1 saturated heterocycles. The summed E-state index contributed by atoms with van der Waals surface area (Å²) in [4.78, 5) is 53.0. The lowest BCUT2D eigenvalue weighted by atomic mass is 9.95. The minimum atomic E-state index is -0.808. The quantitative estimate of drug-likeness (QED) is 0.627. The van der Waals surface area contributed by atoms with Crippen LogP contribution in [0.25, 0.3) is 0 Å². The zero-order valence-electron chi connectivity index (χ0n) is 20.3. The monoisotopic (exact) mass is 440 g/mol. The molecule has 0 saturated carbocycles. The van der Waals surface area contributed by atoms with Gasteiger partial charge in [0.15, 0.2) is 0 Å². The molecule has 0 aliphatic carbocycles. The van der Waals surface area contributed by atoms with E-state index in [9.17, 15) is 19.2 Å². The zero-order valence-corrected chi connectivity index (χ0v) is 20.3. The van der Waals surface area contributed by atoms with E-state index in [0.717, 1.165) is 0 Å². The van der Waals surface area contributed by atoms with E-state index in [1.807, 2.05) is 13.8 Å². The van der Waals surface area contributed by atoms with Crippen molar-refractivity contribution >= 4 is 23.8 Å². The van der Waals surface area contributed by atoms with Crippen molar-refractivity contribution in [2.45, 2.75) is 79.0 Å². The summed E-state index contributed by atoms with van der Waals surface area (Å²) < 4.78 is 5.21. The second kappa shape index (κ2) is 11.3. The average molecular weight is 441 g/mol. The molecule has 178 valence electrons. The molecule has 2 N–H and O–H groups in total. The van der Waals surface area contributed by atoms with Crippen molar-refractivity contribution < 1.29 is 23.9 Å². The van der Waals surface area contributed by atoms with Gasteiger partial charge in [0.05, 0.1) is 6.54 Å². The molecule has 0 bridgehead atoms. The summed E-state index contributed by atoms with van der Waals surface area (Å²) in [5.74, 6) is -0.769. The molecule has 31 heavy (non-hydrogen) atoms. The number of carbonyl (C=O) groups is 4. The topological polar surface area (TPSA) is 108 Å². The molecule has 0 aromatic heterocycles. The van der Waals surface area contributed by atoms with E-state index in [-0.39, 0.29) is 36.2 Å². The molecular formula is C22H40N4O5. The zero-order chi connectivity index (χ0) is 23.9. The smallest absolute Gasteiger partial charge is 0.408 e. The first-order valence-electron chi connectivity index (χ1n) is 11.0. The SMILES string of the molecule is CC(C)[C@H](NC(=O)OC(C)(C)C)C(=O)NCC(=O)N1CCC(C(=O)N(C)C(C)C)CC1. The molecule has 4 amide bonds. The minimum Gasteiger partial charge on any atom is -0.444 e. The maximum atomic E-state index is 12.6. The van der Waals surface area contributed by atoms with Gasteiger partial charge in [0.1, 0.15) is 11.6 Å². The lowest BCUT2D eigenvalue weighted by Crippen LogP contribution is -2.53. The average Bonchev–Trinajstić information content (AvgIpc) is 2.67. The fraction of sp³-hybridized carbons (Fsp3) is 0.818. The first-order chi connectivity index (χ1) is 14.2. The molecule has 1 aliphatic rings. The molecule has 9 heteroatoms. The van der Waals surface area contributed by atoms with Crippen LogP contribution in [0.4, 0.5) is 4.79 Å². The van der Waals surface area contributed by atoms with Crippen LogP contribution in [0, 0.1) is 11.8 Å². The summed E-state index contributed by atoms with van der Waals surface area (Å²) in [5.41, 5.74) is -0.671. The Kier molecular flexibility index (Phi) is 9.77. The number of rotatable bonds is 7. The van der Waals surface area contributed by atoms with Gasteiger partial charge < -0.3 is 25.2 Å². The lowest BCUT2D eigenvalue weighted by Gasteiger charge is -2.34. The molecule has 0 aromatic carbocycles. The van der Waals surface area contributed by atoms with Gasteiger partial charge in [-0.05, 0) is 53.4 Å². The van der Waals surface area contributed by atoms with E-state index >= 15 is 0 Å². The van der Waals surface area contributed by atoms with Gasteiger partial charge in [-0.2, -0.15) is 0 Å². The number of hydrogen-bond donors (Lipinski definition) is 2. The van der Waals surface area contributed by atoms with Crippen molar-refractivity contribution in [2.24, 2.45) is 11.8 Å². The third-order valence-electron chi connectivity index (χ3n) is 5.35. The Morgan fingerprint density at radius 3 is 2.06 bits per heavy atom. The first kappa shape index (κ1) is 26.7. The Balaban J connectivity index is 2.53. The molecule has 1 rings (SSSR count). The number of hydrogen-bond acceptors (Lipinski definition) is 5. The van der Waals surface area contributed by atoms with Gasteiger partial charge in [-0.3, -0.25) is 14.4 Å². The van der Waals surface area contributed by atoms with Crippen LogP contribution in [-0.4, -0.2) is 78.0 Å². The van der Waals surface area contributed by atoms with Gasteiger partial charge >= 0.3 is 6.09 Å². The van der Waals surface area contributed by atoms with E-state index in [0.29, 0.717) is 25.9 Å². The predicted molar refractivity (Wildman–Crippen MR) is 118 cm³/mol. The van der Waals surface area contributed by atoms with E-state index in [2.05, 4.69) is 10.6 Å². The number of nitrogens with one attached hydrogen (secondary N) is 2. The number of piperidine rings is 1. The fourth-order valence-electron chi connectivity index (χ4n) is 3.27. The summed E-state index contributed by atoms with van der Waals surface area (Å²) in [6.07, 6.45) is 0.556. The summed E-state index contributed by atoms with van der Waals surface area (Å²) >= 11 is 0. The van der Waals surface area contributed by atoms with Crippen molar-refractivity contribution in [3.63, 3.8) is 0 Å². The van der Waals surface area contributed by atoms with Crippen molar-refractivity contribution in [1.82, 2.24) is 20.4 Å².